The van der Waals surface area contributed by atoms with Crippen molar-refractivity contribution in [2.45, 2.75) is 0 Å². The number of benzene rings is 3. The Kier molecular flexibility index (Phi) is 5.07. The van der Waals surface area contributed by atoms with Crippen LogP contribution in [0, 0.1) is 10.1 Å². The Morgan fingerprint density at radius 3 is 2.67 bits per heavy atom. The van der Waals surface area contributed by atoms with E-state index in [1.807, 2.05) is 30.3 Å². The summed E-state index contributed by atoms with van der Waals surface area (Å²) in [5.41, 5.74) is 2.80. The van der Waals surface area contributed by atoms with E-state index in [4.69, 9.17) is 16.3 Å². The minimum atomic E-state index is -0.576. The number of rotatable bonds is 5. The van der Waals surface area contributed by atoms with Crippen molar-refractivity contribution in [3.8, 4) is 17.1 Å². The third-order valence-electron chi connectivity index (χ3n) is 4.52. The lowest BCUT2D eigenvalue weighted by atomic mass is 10.1. The van der Waals surface area contributed by atoms with Crippen LogP contribution in [0.2, 0.25) is 5.02 Å². The highest BCUT2D eigenvalue weighted by molar-refractivity contribution is 6.34. The second-order valence-corrected chi connectivity index (χ2v) is 6.80. The number of carbonyl (C=O) groups is 1. The Morgan fingerprint density at radius 1 is 1.17 bits per heavy atom. The molecular formula is C21H15ClN4O4. The van der Waals surface area contributed by atoms with Crippen LogP contribution in [0.5, 0.6) is 5.75 Å². The van der Waals surface area contributed by atoms with E-state index in [1.54, 1.807) is 12.1 Å². The van der Waals surface area contributed by atoms with Crippen molar-refractivity contribution < 1.29 is 14.5 Å². The molecule has 0 unspecified atom stereocenters. The third kappa shape index (κ3) is 3.68. The van der Waals surface area contributed by atoms with E-state index in [1.165, 1.54) is 19.2 Å². The van der Waals surface area contributed by atoms with E-state index in [-0.39, 0.29) is 16.3 Å². The maximum Gasteiger partial charge on any atom is 0.270 e. The maximum absolute atomic E-state index is 12.7. The van der Waals surface area contributed by atoms with E-state index in [0.717, 1.165) is 22.7 Å². The van der Waals surface area contributed by atoms with Crippen molar-refractivity contribution in [2.75, 3.05) is 12.4 Å². The van der Waals surface area contributed by atoms with Crippen molar-refractivity contribution in [3.63, 3.8) is 0 Å². The fourth-order valence-electron chi connectivity index (χ4n) is 3.03. The number of hydrogen-bond donors (Lipinski definition) is 2. The van der Waals surface area contributed by atoms with Gasteiger partial charge in [0.1, 0.15) is 11.6 Å². The van der Waals surface area contributed by atoms with Gasteiger partial charge in [-0.1, -0.05) is 23.7 Å². The Morgan fingerprint density at radius 2 is 1.97 bits per heavy atom. The molecule has 1 aromatic heterocycles. The lowest BCUT2D eigenvalue weighted by Gasteiger charge is -2.12. The van der Waals surface area contributed by atoms with Gasteiger partial charge in [-0.05, 0) is 36.4 Å². The SMILES string of the molecule is COc1ccc(-c2nc3ccccc3[nH]2)cc1NC(=O)c1ccc([N+](=O)[O-])cc1Cl. The van der Waals surface area contributed by atoms with Crippen LogP contribution >= 0.6 is 11.6 Å². The van der Waals surface area contributed by atoms with Gasteiger partial charge in [-0.2, -0.15) is 0 Å². The number of anilines is 1. The Bertz CT molecular complexity index is 1250. The summed E-state index contributed by atoms with van der Waals surface area (Å²) in [5, 5.41) is 13.6. The first kappa shape index (κ1) is 19.4. The number of nitrogens with zero attached hydrogens (tertiary/aromatic N) is 2. The van der Waals surface area contributed by atoms with Gasteiger partial charge in [-0.25, -0.2) is 4.98 Å². The number of hydrogen-bond acceptors (Lipinski definition) is 5. The molecule has 30 heavy (non-hydrogen) atoms. The number of H-pyrrole nitrogens is 1. The first-order chi connectivity index (χ1) is 14.5. The Hall–Kier alpha value is -3.91. The zero-order valence-electron chi connectivity index (χ0n) is 15.7. The van der Waals surface area contributed by atoms with Gasteiger partial charge in [-0.15, -0.1) is 0 Å². The first-order valence-corrected chi connectivity index (χ1v) is 9.22. The van der Waals surface area contributed by atoms with Crippen LogP contribution in [0.3, 0.4) is 0 Å². The molecule has 0 bridgehead atoms. The van der Waals surface area contributed by atoms with Gasteiger partial charge in [-0.3, -0.25) is 14.9 Å². The molecule has 0 saturated heterocycles. The smallest absolute Gasteiger partial charge is 0.270 e. The number of fused-ring (bicyclic) bond motifs is 1. The summed E-state index contributed by atoms with van der Waals surface area (Å²) in [6.07, 6.45) is 0. The molecule has 3 aromatic carbocycles. The second kappa shape index (κ2) is 7.84. The van der Waals surface area contributed by atoms with Crippen molar-refractivity contribution in [2.24, 2.45) is 0 Å². The van der Waals surface area contributed by atoms with Gasteiger partial charge in [0.2, 0.25) is 0 Å². The number of amides is 1. The van der Waals surface area contributed by atoms with Gasteiger partial charge in [0, 0.05) is 17.7 Å². The average molecular weight is 423 g/mol. The van der Waals surface area contributed by atoms with Gasteiger partial charge >= 0.3 is 0 Å². The number of methoxy groups -OCH3 is 1. The number of halogens is 1. The van der Waals surface area contributed by atoms with Crippen molar-refractivity contribution in [1.29, 1.82) is 0 Å². The number of aromatic nitrogens is 2. The molecule has 0 spiro atoms. The summed E-state index contributed by atoms with van der Waals surface area (Å²) in [4.78, 5) is 30.8. The second-order valence-electron chi connectivity index (χ2n) is 6.39. The highest BCUT2D eigenvalue weighted by atomic mass is 35.5. The molecular weight excluding hydrogens is 408 g/mol. The van der Waals surface area contributed by atoms with Crippen LogP contribution in [-0.2, 0) is 0 Å². The number of imidazole rings is 1. The molecule has 0 saturated carbocycles. The number of nitrogens with one attached hydrogen (secondary N) is 2. The molecule has 0 aliphatic rings. The summed E-state index contributed by atoms with van der Waals surface area (Å²) in [5.74, 6) is 0.568. The predicted molar refractivity (Wildman–Crippen MR) is 114 cm³/mol. The lowest BCUT2D eigenvalue weighted by Crippen LogP contribution is -2.13. The molecule has 4 aromatic rings. The summed E-state index contributed by atoms with van der Waals surface area (Å²) in [7, 11) is 1.49. The van der Waals surface area contributed by atoms with Crippen molar-refractivity contribution >= 4 is 39.9 Å². The first-order valence-electron chi connectivity index (χ1n) is 8.84. The number of aromatic amines is 1. The molecule has 0 aliphatic carbocycles. The minimum absolute atomic E-state index is 0.0193. The van der Waals surface area contributed by atoms with Gasteiger partial charge < -0.3 is 15.0 Å². The van der Waals surface area contributed by atoms with Gasteiger partial charge in [0.05, 0.1) is 39.3 Å². The largest absolute Gasteiger partial charge is 0.495 e. The molecule has 0 atom stereocenters. The van der Waals surface area contributed by atoms with Crippen molar-refractivity contribution in [1.82, 2.24) is 9.97 Å². The maximum atomic E-state index is 12.7. The molecule has 0 aliphatic heterocycles. The summed E-state index contributed by atoms with van der Waals surface area (Å²) >= 11 is 6.07. The summed E-state index contributed by atoms with van der Waals surface area (Å²) in [6, 6.07) is 16.6. The van der Waals surface area contributed by atoms with Crippen LogP contribution in [0.25, 0.3) is 22.4 Å². The van der Waals surface area contributed by atoms with Gasteiger partial charge in [0.25, 0.3) is 11.6 Å². The standard InChI is InChI=1S/C21H15ClN4O4/c1-30-19-9-6-12(20-23-16-4-2-3-5-17(16)24-20)10-18(19)25-21(27)14-8-7-13(26(28)29)11-15(14)22/h2-11H,1H3,(H,23,24)(H,25,27). The molecule has 9 heteroatoms. The number of carbonyl (C=O) groups excluding carboxylic acids is 1. The van der Waals surface area contributed by atoms with E-state index in [2.05, 4.69) is 15.3 Å². The van der Waals surface area contributed by atoms with Gasteiger partial charge in [0.15, 0.2) is 0 Å². The van der Waals surface area contributed by atoms with Crippen molar-refractivity contribution in [3.05, 3.63) is 81.4 Å². The van der Waals surface area contributed by atoms with Crippen LogP contribution in [0.4, 0.5) is 11.4 Å². The molecule has 0 radical (unpaired) electrons. The number of para-hydroxylation sites is 2. The minimum Gasteiger partial charge on any atom is -0.495 e. The van der Waals surface area contributed by atoms with Crippen LogP contribution in [-0.4, -0.2) is 27.9 Å². The topological polar surface area (TPSA) is 110 Å². The number of ether oxygens (including phenoxy) is 1. The van der Waals surface area contributed by atoms with Crippen LogP contribution in [0.15, 0.2) is 60.7 Å². The monoisotopic (exact) mass is 422 g/mol. The van der Waals surface area contributed by atoms with E-state index < -0.39 is 10.8 Å². The molecule has 4 rings (SSSR count). The number of nitro groups is 1. The molecule has 8 nitrogen and oxygen atoms in total. The fraction of sp³-hybridized carbons (Fsp3) is 0.0476. The van der Waals surface area contributed by atoms with E-state index >= 15 is 0 Å². The quantitative estimate of drug-likeness (QED) is 0.345. The number of nitro benzene ring substituents is 1. The zero-order valence-corrected chi connectivity index (χ0v) is 16.4. The molecule has 1 amide bonds. The fourth-order valence-corrected chi connectivity index (χ4v) is 3.29. The zero-order chi connectivity index (χ0) is 21.3. The number of non-ortho nitro benzene ring substituents is 1. The summed E-state index contributed by atoms with van der Waals surface area (Å²) < 4.78 is 5.35. The molecule has 1 heterocycles. The highest BCUT2D eigenvalue weighted by Gasteiger charge is 2.17. The molecule has 0 fully saturated rings. The van der Waals surface area contributed by atoms with E-state index in [0.29, 0.717) is 17.3 Å². The molecule has 2 N–H and O–H groups in total. The highest BCUT2D eigenvalue weighted by Crippen LogP contribution is 2.31. The normalized spacial score (nSPS) is 10.7. The van der Waals surface area contributed by atoms with Crippen LogP contribution < -0.4 is 10.1 Å². The summed E-state index contributed by atoms with van der Waals surface area (Å²) in [6.45, 7) is 0. The van der Waals surface area contributed by atoms with Crippen LogP contribution in [0.1, 0.15) is 10.4 Å². The lowest BCUT2D eigenvalue weighted by molar-refractivity contribution is -0.384. The Balaban J connectivity index is 1.67. The third-order valence-corrected chi connectivity index (χ3v) is 4.83. The predicted octanol–water partition coefficient (Wildman–Crippen LogP) is 5.05. The molecule has 150 valence electrons. The average Bonchev–Trinajstić information content (AvgIpc) is 3.17. The Labute approximate surface area is 175 Å². The van der Waals surface area contributed by atoms with E-state index in [9.17, 15) is 14.9 Å².